The van der Waals surface area contributed by atoms with Crippen LogP contribution in [0.2, 0.25) is 0 Å². The molecule has 0 spiro atoms. The molecule has 1 heterocycles. The van der Waals surface area contributed by atoms with Crippen LogP contribution < -0.4 is 14.2 Å². The second kappa shape index (κ2) is 6.08. The molecule has 0 radical (unpaired) electrons. The minimum absolute atomic E-state index is 0.367. The highest BCUT2D eigenvalue weighted by atomic mass is 16.5. The highest BCUT2D eigenvalue weighted by Gasteiger charge is 2.26. The van der Waals surface area contributed by atoms with E-state index in [-0.39, 0.29) is 0 Å². The van der Waals surface area contributed by atoms with E-state index in [0.29, 0.717) is 29.8 Å². The van der Waals surface area contributed by atoms with Gasteiger partial charge in [-0.05, 0) is 25.0 Å². The zero-order valence-electron chi connectivity index (χ0n) is 12.3. The standard InChI is InChI=1S/C16H19NO4/c1-18-13-7-4-8-14(16(13)19-2)20-9-12-15(21-10-17-12)11-5-3-6-11/h4,7-8,10-11H,3,5-6,9H2,1-2H3. The van der Waals surface area contributed by atoms with Crippen molar-refractivity contribution in [1.29, 1.82) is 0 Å². The van der Waals surface area contributed by atoms with Crippen molar-refractivity contribution in [2.45, 2.75) is 31.8 Å². The van der Waals surface area contributed by atoms with Gasteiger partial charge in [-0.2, -0.15) is 0 Å². The summed E-state index contributed by atoms with van der Waals surface area (Å²) in [7, 11) is 3.20. The summed E-state index contributed by atoms with van der Waals surface area (Å²) >= 11 is 0. The van der Waals surface area contributed by atoms with Crippen LogP contribution in [0.3, 0.4) is 0 Å². The van der Waals surface area contributed by atoms with Crippen LogP contribution in [0.1, 0.15) is 36.6 Å². The number of hydrogen-bond acceptors (Lipinski definition) is 5. The molecule has 0 bridgehead atoms. The fraction of sp³-hybridized carbons (Fsp3) is 0.438. The first-order valence-electron chi connectivity index (χ1n) is 7.09. The Morgan fingerprint density at radius 1 is 1.19 bits per heavy atom. The predicted octanol–water partition coefficient (Wildman–Crippen LogP) is 3.54. The number of rotatable bonds is 6. The van der Waals surface area contributed by atoms with E-state index in [1.807, 2.05) is 18.2 Å². The second-order valence-corrected chi connectivity index (χ2v) is 5.07. The van der Waals surface area contributed by atoms with Crippen molar-refractivity contribution in [1.82, 2.24) is 4.98 Å². The van der Waals surface area contributed by atoms with Crippen LogP contribution in [0.25, 0.3) is 0 Å². The Bertz CT molecular complexity index is 604. The summed E-state index contributed by atoms with van der Waals surface area (Å²) in [5, 5.41) is 0. The average Bonchev–Trinajstić information content (AvgIpc) is 2.90. The molecule has 0 unspecified atom stereocenters. The summed E-state index contributed by atoms with van der Waals surface area (Å²) in [6.07, 6.45) is 5.10. The number of ether oxygens (including phenoxy) is 3. The van der Waals surface area contributed by atoms with Crippen molar-refractivity contribution in [3.63, 3.8) is 0 Å². The Balaban J connectivity index is 1.74. The lowest BCUT2D eigenvalue weighted by Crippen LogP contribution is -2.11. The molecule has 0 saturated heterocycles. The van der Waals surface area contributed by atoms with Gasteiger partial charge in [0.1, 0.15) is 18.1 Å². The normalized spacial score (nSPS) is 14.6. The SMILES string of the molecule is COc1cccc(OCc2ncoc2C2CCC2)c1OC. The van der Waals surface area contributed by atoms with E-state index in [1.54, 1.807) is 14.2 Å². The Hall–Kier alpha value is -2.17. The van der Waals surface area contributed by atoms with Gasteiger partial charge in [-0.15, -0.1) is 0 Å². The summed E-state index contributed by atoms with van der Waals surface area (Å²) in [5.41, 5.74) is 0.865. The van der Waals surface area contributed by atoms with Crippen LogP contribution in [0, 0.1) is 0 Å². The van der Waals surface area contributed by atoms with E-state index in [4.69, 9.17) is 18.6 Å². The molecule has 1 aliphatic carbocycles. The monoisotopic (exact) mass is 289 g/mol. The largest absolute Gasteiger partial charge is 0.493 e. The molecular weight excluding hydrogens is 270 g/mol. The Labute approximate surface area is 123 Å². The minimum Gasteiger partial charge on any atom is -0.493 e. The van der Waals surface area contributed by atoms with Gasteiger partial charge in [0.15, 0.2) is 17.9 Å². The third-order valence-electron chi connectivity index (χ3n) is 3.88. The third-order valence-corrected chi connectivity index (χ3v) is 3.88. The van der Waals surface area contributed by atoms with E-state index in [1.165, 1.54) is 25.7 Å². The maximum atomic E-state index is 5.85. The van der Waals surface area contributed by atoms with E-state index in [2.05, 4.69) is 4.98 Å². The van der Waals surface area contributed by atoms with Gasteiger partial charge in [-0.1, -0.05) is 12.5 Å². The molecule has 0 amide bonds. The first kappa shape index (κ1) is 13.8. The molecule has 5 heteroatoms. The molecule has 1 aromatic heterocycles. The summed E-state index contributed by atoms with van der Waals surface area (Å²) in [6, 6.07) is 5.55. The van der Waals surface area contributed by atoms with Gasteiger partial charge in [0.05, 0.1) is 14.2 Å². The first-order chi connectivity index (χ1) is 10.3. The highest BCUT2D eigenvalue weighted by Crippen LogP contribution is 2.39. The number of aromatic nitrogens is 1. The molecule has 0 aliphatic heterocycles. The average molecular weight is 289 g/mol. The molecule has 5 nitrogen and oxygen atoms in total. The lowest BCUT2D eigenvalue weighted by molar-refractivity contribution is 0.265. The van der Waals surface area contributed by atoms with Crippen molar-refractivity contribution >= 4 is 0 Å². The Kier molecular flexibility index (Phi) is 3.99. The zero-order chi connectivity index (χ0) is 14.7. The van der Waals surface area contributed by atoms with Crippen LogP contribution >= 0.6 is 0 Å². The number of oxazole rings is 1. The van der Waals surface area contributed by atoms with Gasteiger partial charge >= 0.3 is 0 Å². The first-order valence-corrected chi connectivity index (χ1v) is 7.09. The lowest BCUT2D eigenvalue weighted by Gasteiger charge is -2.23. The molecule has 1 aromatic carbocycles. The summed E-state index contributed by atoms with van der Waals surface area (Å²) in [4.78, 5) is 4.27. The maximum Gasteiger partial charge on any atom is 0.203 e. The van der Waals surface area contributed by atoms with Crippen molar-refractivity contribution in [3.8, 4) is 17.2 Å². The Morgan fingerprint density at radius 2 is 2.00 bits per heavy atom. The van der Waals surface area contributed by atoms with Crippen molar-refractivity contribution in [2.75, 3.05) is 14.2 Å². The van der Waals surface area contributed by atoms with Crippen LogP contribution in [0.4, 0.5) is 0 Å². The fourth-order valence-electron chi connectivity index (χ4n) is 2.51. The van der Waals surface area contributed by atoms with E-state index in [0.717, 1.165) is 11.5 Å². The smallest absolute Gasteiger partial charge is 0.203 e. The summed E-state index contributed by atoms with van der Waals surface area (Å²) in [5.74, 6) is 3.34. The minimum atomic E-state index is 0.367. The van der Waals surface area contributed by atoms with Crippen molar-refractivity contribution in [2.24, 2.45) is 0 Å². The van der Waals surface area contributed by atoms with Crippen LogP contribution in [0.5, 0.6) is 17.2 Å². The van der Waals surface area contributed by atoms with Crippen LogP contribution in [-0.4, -0.2) is 19.2 Å². The molecule has 2 aromatic rings. The molecule has 1 aliphatic rings. The number of benzene rings is 1. The fourth-order valence-corrected chi connectivity index (χ4v) is 2.51. The predicted molar refractivity (Wildman–Crippen MR) is 77.0 cm³/mol. The van der Waals surface area contributed by atoms with Crippen molar-refractivity contribution < 1.29 is 18.6 Å². The molecule has 1 saturated carbocycles. The number of para-hydroxylation sites is 1. The molecule has 1 fully saturated rings. The van der Waals surface area contributed by atoms with Gasteiger partial charge in [0.2, 0.25) is 5.75 Å². The lowest BCUT2D eigenvalue weighted by atomic mass is 9.83. The molecule has 0 N–H and O–H groups in total. The Morgan fingerprint density at radius 3 is 2.67 bits per heavy atom. The van der Waals surface area contributed by atoms with Crippen LogP contribution in [-0.2, 0) is 6.61 Å². The molecular formula is C16H19NO4. The third kappa shape index (κ3) is 2.68. The number of methoxy groups -OCH3 is 2. The quantitative estimate of drug-likeness (QED) is 0.814. The summed E-state index contributed by atoms with van der Waals surface area (Å²) in [6.45, 7) is 0.367. The van der Waals surface area contributed by atoms with Crippen LogP contribution in [0.15, 0.2) is 29.0 Å². The highest BCUT2D eigenvalue weighted by molar-refractivity contribution is 5.51. The van der Waals surface area contributed by atoms with Gasteiger partial charge in [-0.25, -0.2) is 4.98 Å². The second-order valence-electron chi connectivity index (χ2n) is 5.07. The van der Waals surface area contributed by atoms with E-state index < -0.39 is 0 Å². The molecule has 112 valence electrons. The van der Waals surface area contributed by atoms with Gasteiger partial charge in [0, 0.05) is 5.92 Å². The number of hydrogen-bond donors (Lipinski definition) is 0. The van der Waals surface area contributed by atoms with Gasteiger partial charge in [-0.3, -0.25) is 0 Å². The van der Waals surface area contributed by atoms with E-state index >= 15 is 0 Å². The topological polar surface area (TPSA) is 53.7 Å². The maximum absolute atomic E-state index is 5.85. The van der Waals surface area contributed by atoms with Crippen molar-refractivity contribution in [3.05, 3.63) is 36.0 Å². The summed E-state index contributed by atoms with van der Waals surface area (Å²) < 4.78 is 22.0. The van der Waals surface area contributed by atoms with E-state index in [9.17, 15) is 0 Å². The zero-order valence-corrected chi connectivity index (χ0v) is 12.3. The molecule has 0 atom stereocenters. The number of nitrogens with zero attached hydrogens (tertiary/aromatic N) is 1. The van der Waals surface area contributed by atoms with Gasteiger partial charge < -0.3 is 18.6 Å². The van der Waals surface area contributed by atoms with Gasteiger partial charge in [0.25, 0.3) is 0 Å². The molecule has 3 rings (SSSR count). The molecule has 21 heavy (non-hydrogen) atoms.